The lowest BCUT2D eigenvalue weighted by Gasteiger charge is -2.18. The zero-order valence-corrected chi connectivity index (χ0v) is 18.0. The second-order valence-corrected chi connectivity index (χ2v) is 7.94. The smallest absolute Gasteiger partial charge is 0.408 e. The number of hydrogen-bond donors (Lipinski definition) is 2. The van der Waals surface area contributed by atoms with E-state index in [-0.39, 0.29) is 12.5 Å². The van der Waals surface area contributed by atoms with E-state index in [2.05, 4.69) is 38.5 Å². The third-order valence-corrected chi connectivity index (χ3v) is 6.30. The molecule has 3 aromatic rings. The van der Waals surface area contributed by atoms with E-state index in [4.69, 9.17) is 4.74 Å². The molecule has 1 amide bonds. The van der Waals surface area contributed by atoms with Gasteiger partial charge in [-0.1, -0.05) is 48.5 Å². The topological polar surface area (TPSA) is 93.5 Å². The number of carboxylic acids is 1. The lowest BCUT2D eigenvalue weighted by atomic mass is 9.98. The van der Waals surface area contributed by atoms with Crippen molar-refractivity contribution in [1.29, 1.82) is 0 Å². The fraction of sp³-hybridized carbons (Fsp3) is 0.227. The molecule has 1 aromatic heterocycles. The summed E-state index contributed by atoms with van der Waals surface area (Å²) in [7, 11) is 1.63. The number of carbonyl (C=O) groups is 2. The molecule has 0 radical (unpaired) electrons. The monoisotopic (exact) mass is 469 g/mol. The molecule has 0 aliphatic heterocycles. The molecule has 0 spiro atoms. The minimum absolute atomic E-state index is 0.0999. The fourth-order valence-corrected chi connectivity index (χ4v) is 4.53. The predicted octanol–water partition coefficient (Wildman–Crippen LogP) is 4.16. The third kappa shape index (κ3) is 3.47. The van der Waals surface area contributed by atoms with Crippen LogP contribution in [-0.4, -0.2) is 33.6 Å². The van der Waals surface area contributed by atoms with Crippen LogP contribution in [0.2, 0.25) is 0 Å². The molecule has 8 heteroatoms. The maximum atomic E-state index is 12.5. The number of aliphatic carboxylic acids is 1. The summed E-state index contributed by atoms with van der Waals surface area (Å²) in [5, 5.41) is 16.3. The van der Waals surface area contributed by atoms with E-state index in [1.54, 1.807) is 14.0 Å². The number of fused-ring (bicyclic) bond motifs is 3. The molecule has 1 heterocycles. The van der Waals surface area contributed by atoms with Crippen molar-refractivity contribution in [3.63, 3.8) is 0 Å². The van der Waals surface area contributed by atoms with Gasteiger partial charge in [0.2, 0.25) is 0 Å². The zero-order chi connectivity index (χ0) is 21.4. The van der Waals surface area contributed by atoms with Crippen molar-refractivity contribution in [3.05, 3.63) is 75.5 Å². The highest BCUT2D eigenvalue weighted by atomic mass is 79.9. The summed E-state index contributed by atoms with van der Waals surface area (Å²) < 4.78 is 7.44. The number of nitrogens with zero attached hydrogens (tertiary/aromatic N) is 2. The van der Waals surface area contributed by atoms with Gasteiger partial charge in [0.25, 0.3) is 0 Å². The number of carboxylic acid groups (broad SMARTS) is 1. The van der Waals surface area contributed by atoms with Crippen LogP contribution in [0.3, 0.4) is 0 Å². The summed E-state index contributed by atoms with van der Waals surface area (Å²) in [6.07, 6.45) is -0.796. The Bertz CT molecular complexity index is 1100. The number of ether oxygens (including phenoxy) is 1. The molecule has 1 unspecified atom stereocenters. The van der Waals surface area contributed by atoms with Gasteiger partial charge in [0.1, 0.15) is 6.61 Å². The number of aryl methyl sites for hydroxylation is 2. The van der Waals surface area contributed by atoms with E-state index in [0.717, 1.165) is 22.3 Å². The first-order valence-corrected chi connectivity index (χ1v) is 10.2. The zero-order valence-electron chi connectivity index (χ0n) is 16.4. The number of aromatic nitrogens is 2. The molecule has 0 fully saturated rings. The lowest BCUT2D eigenvalue weighted by Crippen LogP contribution is -2.36. The standard InChI is InChI=1S/C22H20BrN3O4/c1-12-18(23)20(26(2)25-12)19(21(27)28)24-22(29)30-11-17-15-9-5-3-7-13(15)14-8-4-6-10-16(14)17/h3-10,17,19H,11H2,1-2H3,(H,24,29)(H,27,28). The van der Waals surface area contributed by atoms with Crippen LogP contribution >= 0.6 is 15.9 Å². The highest BCUT2D eigenvalue weighted by molar-refractivity contribution is 9.10. The molecule has 4 rings (SSSR count). The van der Waals surface area contributed by atoms with Gasteiger partial charge in [0.05, 0.1) is 15.9 Å². The van der Waals surface area contributed by atoms with Crippen LogP contribution in [0.4, 0.5) is 4.79 Å². The summed E-state index contributed by atoms with van der Waals surface area (Å²) in [6.45, 7) is 1.86. The first kappa shape index (κ1) is 20.2. The minimum Gasteiger partial charge on any atom is -0.479 e. The molecule has 2 aromatic carbocycles. The molecule has 1 atom stereocenters. The minimum atomic E-state index is -1.29. The van der Waals surface area contributed by atoms with E-state index in [0.29, 0.717) is 15.9 Å². The van der Waals surface area contributed by atoms with Gasteiger partial charge in [0, 0.05) is 13.0 Å². The molecular formula is C22H20BrN3O4. The molecule has 0 bridgehead atoms. The summed E-state index contributed by atoms with van der Waals surface area (Å²) in [5.74, 6) is -1.30. The van der Waals surface area contributed by atoms with Crippen LogP contribution in [-0.2, 0) is 16.6 Å². The molecule has 1 aliphatic carbocycles. The van der Waals surface area contributed by atoms with Crippen molar-refractivity contribution >= 4 is 28.0 Å². The first-order valence-electron chi connectivity index (χ1n) is 9.41. The SMILES string of the molecule is Cc1nn(C)c(C(NC(=O)OCC2c3ccccc3-c3ccccc32)C(=O)O)c1Br. The van der Waals surface area contributed by atoms with Crippen molar-refractivity contribution in [1.82, 2.24) is 15.1 Å². The Morgan fingerprint density at radius 1 is 1.17 bits per heavy atom. The Labute approximate surface area is 181 Å². The van der Waals surface area contributed by atoms with Crippen molar-refractivity contribution in [2.24, 2.45) is 7.05 Å². The quantitative estimate of drug-likeness (QED) is 0.585. The van der Waals surface area contributed by atoms with Crippen LogP contribution in [0.1, 0.15) is 34.5 Å². The summed E-state index contributed by atoms with van der Waals surface area (Å²) in [5.41, 5.74) is 5.40. The number of rotatable bonds is 5. The Balaban J connectivity index is 1.52. The maximum absolute atomic E-state index is 12.5. The molecule has 0 saturated carbocycles. The third-order valence-electron chi connectivity index (χ3n) is 5.32. The van der Waals surface area contributed by atoms with Crippen LogP contribution in [0.25, 0.3) is 11.1 Å². The molecular weight excluding hydrogens is 450 g/mol. The Morgan fingerprint density at radius 2 is 1.73 bits per heavy atom. The number of hydrogen-bond acceptors (Lipinski definition) is 4. The highest BCUT2D eigenvalue weighted by Gasteiger charge is 2.32. The summed E-state index contributed by atoms with van der Waals surface area (Å²) >= 11 is 3.35. The molecule has 1 aliphatic rings. The van der Waals surface area contributed by atoms with Crippen molar-refractivity contribution in [2.75, 3.05) is 6.61 Å². The first-order chi connectivity index (χ1) is 14.4. The van der Waals surface area contributed by atoms with Crippen LogP contribution in [0.15, 0.2) is 53.0 Å². The average Bonchev–Trinajstić information content (AvgIpc) is 3.18. The van der Waals surface area contributed by atoms with Gasteiger partial charge in [-0.25, -0.2) is 9.59 Å². The van der Waals surface area contributed by atoms with Gasteiger partial charge in [-0.2, -0.15) is 5.10 Å². The Kier molecular flexibility index (Phi) is 5.34. The van der Waals surface area contributed by atoms with Crippen molar-refractivity contribution in [2.45, 2.75) is 18.9 Å². The summed E-state index contributed by atoms with van der Waals surface area (Å²) in [6, 6.07) is 14.7. The Hall–Kier alpha value is -3.13. The fourth-order valence-electron chi connectivity index (χ4n) is 3.97. The van der Waals surface area contributed by atoms with Crippen LogP contribution in [0, 0.1) is 6.92 Å². The van der Waals surface area contributed by atoms with E-state index >= 15 is 0 Å². The van der Waals surface area contributed by atoms with Gasteiger partial charge in [-0.05, 0) is 45.1 Å². The van der Waals surface area contributed by atoms with E-state index in [1.165, 1.54) is 4.68 Å². The average molecular weight is 470 g/mol. The molecule has 0 saturated heterocycles. The van der Waals surface area contributed by atoms with Gasteiger partial charge in [-0.3, -0.25) is 4.68 Å². The van der Waals surface area contributed by atoms with Gasteiger partial charge < -0.3 is 15.2 Å². The highest BCUT2D eigenvalue weighted by Crippen LogP contribution is 2.44. The van der Waals surface area contributed by atoms with Gasteiger partial charge in [0.15, 0.2) is 6.04 Å². The van der Waals surface area contributed by atoms with Crippen molar-refractivity contribution < 1.29 is 19.4 Å². The predicted molar refractivity (Wildman–Crippen MR) is 114 cm³/mol. The second kappa shape index (κ2) is 7.95. The van der Waals surface area contributed by atoms with Crippen LogP contribution < -0.4 is 5.32 Å². The number of benzene rings is 2. The molecule has 30 heavy (non-hydrogen) atoms. The largest absolute Gasteiger partial charge is 0.479 e. The van der Waals surface area contributed by atoms with Crippen LogP contribution in [0.5, 0.6) is 0 Å². The number of amides is 1. The number of nitrogens with one attached hydrogen (secondary N) is 1. The lowest BCUT2D eigenvalue weighted by molar-refractivity contribution is -0.139. The second-order valence-electron chi connectivity index (χ2n) is 7.15. The van der Waals surface area contributed by atoms with E-state index in [9.17, 15) is 14.7 Å². The van der Waals surface area contributed by atoms with E-state index in [1.807, 2.05) is 36.4 Å². The number of carbonyl (C=O) groups excluding carboxylic acids is 1. The van der Waals surface area contributed by atoms with Gasteiger partial charge in [-0.15, -0.1) is 0 Å². The normalized spacial score (nSPS) is 13.4. The Morgan fingerprint density at radius 3 is 2.23 bits per heavy atom. The molecule has 2 N–H and O–H groups in total. The number of alkyl carbamates (subject to hydrolysis) is 1. The maximum Gasteiger partial charge on any atom is 0.408 e. The summed E-state index contributed by atoms with van der Waals surface area (Å²) in [4.78, 5) is 24.3. The number of halogens is 1. The van der Waals surface area contributed by atoms with Crippen molar-refractivity contribution in [3.8, 4) is 11.1 Å². The molecule has 7 nitrogen and oxygen atoms in total. The van der Waals surface area contributed by atoms with E-state index < -0.39 is 18.1 Å². The molecule has 154 valence electrons. The van der Waals surface area contributed by atoms with Gasteiger partial charge >= 0.3 is 12.1 Å².